The van der Waals surface area contributed by atoms with Crippen LogP contribution in [0.4, 0.5) is 0 Å². The van der Waals surface area contributed by atoms with E-state index in [0.717, 1.165) is 0 Å². The molecule has 0 saturated heterocycles. The highest BCUT2D eigenvalue weighted by Gasteiger charge is 2.17. The molecule has 0 saturated carbocycles. The van der Waals surface area contributed by atoms with Crippen molar-refractivity contribution in [3.63, 3.8) is 0 Å². The van der Waals surface area contributed by atoms with Gasteiger partial charge in [-0.15, -0.1) is 0 Å². The Hall–Kier alpha value is -0.510. The van der Waals surface area contributed by atoms with E-state index in [1.54, 1.807) is 0 Å². The van der Waals surface area contributed by atoms with Gasteiger partial charge in [-0.1, -0.05) is 4.85 Å². The average Bonchev–Trinajstić information content (AvgIpc) is 1.30. The van der Waals surface area contributed by atoms with Crippen LogP contribution in [0.5, 0.6) is 0 Å². The van der Waals surface area contributed by atoms with E-state index in [0.29, 0.717) is 0 Å². The van der Waals surface area contributed by atoms with Crippen molar-refractivity contribution >= 4 is 0 Å². The molecule has 0 radical (unpaired) electrons. The fraction of sp³-hybridized carbons (Fsp3) is 0.833. The van der Waals surface area contributed by atoms with E-state index in [4.69, 9.17) is 0 Å². The Labute approximate surface area is 45.2 Å². The first-order valence-electron chi connectivity index (χ1n) is 2.45. The molecule has 0 fully saturated rings. The van der Waals surface area contributed by atoms with E-state index < -0.39 is 0 Å². The standard InChI is InChI=1S/C6H12N/c1-5-7-6(2,3)4/h1-4H3/q+1. The van der Waals surface area contributed by atoms with Gasteiger partial charge in [0.1, 0.15) is 0 Å². The fourth-order valence-electron chi connectivity index (χ4n) is 0.335. The van der Waals surface area contributed by atoms with Crippen molar-refractivity contribution in [1.82, 2.24) is 0 Å². The van der Waals surface area contributed by atoms with Crippen LogP contribution in [-0.2, 0) is 0 Å². The highest BCUT2D eigenvalue weighted by molar-refractivity contribution is 4.93. The predicted molar refractivity (Wildman–Crippen MR) is 32.7 cm³/mol. The molecule has 0 bridgehead atoms. The minimum Gasteiger partial charge on any atom is -0.0784 e. The number of hydrogen-bond acceptors (Lipinski definition) is 0. The van der Waals surface area contributed by atoms with Crippen molar-refractivity contribution in [1.29, 1.82) is 0 Å². The zero-order valence-corrected chi connectivity index (χ0v) is 5.45. The lowest BCUT2D eigenvalue weighted by atomic mass is 10.1. The minimum atomic E-state index is 0.0642. The summed E-state index contributed by atoms with van der Waals surface area (Å²) in [5, 5.41) is 0. The van der Waals surface area contributed by atoms with Gasteiger partial charge in [-0.05, 0) is 0 Å². The molecule has 1 heteroatoms. The van der Waals surface area contributed by atoms with Gasteiger partial charge in [-0.2, -0.15) is 0 Å². The second-order valence-corrected chi connectivity index (χ2v) is 2.51. The third kappa shape index (κ3) is 5.49. The quantitative estimate of drug-likeness (QED) is 0.437. The average molecular weight is 98.2 g/mol. The number of nitrogens with zero attached hydrogens (tertiary/aromatic N) is 1. The first-order valence-corrected chi connectivity index (χ1v) is 2.45. The van der Waals surface area contributed by atoms with Crippen molar-refractivity contribution in [3.05, 3.63) is 4.85 Å². The maximum Gasteiger partial charge on any atom is 0.272 e. The molecule has 0 aliphatic carbocycles. The monoisotopic (exact) mass is 98.1 g/mol. The molecule has 0 aliphatic heterocycles. The smallest absolute Gasteiger partial charge is 0.0784 e. The number of rotatable bonds is 0. The lowest BCUT2D eigenvalue weighted by Gasteiger charge is -1.90. The Balaban J connectivity index is 3.72. The summed E-state index contributed by atoms with van der Waals surface area (Å²) in [6.07, 6.45) is 0. The summed E-state index contributed by atoms with van der Waals surface area (Å²) in [5.41, 5.74) is 0.0642. The fourth-order valence-corrected chi connectivity index (χ4v) is 0.335. The Morgan fingerprint density at radius 2 is 1.71 bits per heavy atom. The zero-order chi connectivity index (χ0) is 5.91. The van der Waals surface area contributed by atoms with E-state index in [1.807, 2.05) is 27.7 Å². The molecule has 0 spiro atoms. The summed E-state index contributed by atoms with van der Waals surface area (Å²) in [5.74, 6) is 0. The Morgan fingerprint density at radius 3 is 1.71 bits per heavy atom. The van der Waals surface area contributed by atoms with E-state index in [-0.39, 0.29) is 5.54 Å². The summed E-state index contributed by atoms with van der Waals surface area (Å²) < 4.78 is 0. The third-order valence-corrected chi connectivity index (χ3v) is 0.447. The topological polar surface area (TPSA) is 4.36 Å². The van der Waals surface area contributed by atoms with Crippen molar-refractivity contribution in [2.24, 2.45) is 0 Å². The molecular weight excluding hydrogens is 86.1 g/mol. The molecular formula is C6H12N+. The lowest BCUT2D eigenvalue weighted by Crippen LogP contribution is -2.04. The van der Waals surface area contributed by atoms with Crippen molar-refractivity contribution < 1.29 is 0 Å². The first-order chi connectivity index (χ1) is 3.06. The molecule has 0 atom stereocenters. The molecule has 0 aromatic heterocycles. The molecule has 0 amide bonds. The molecule has 0 N–H and O–H groups in total. The number of hydrogen-bond donors (Lipinski definition) is 0. The Kier molecular flexibility index (Phi) is 1.83. The highest BCUT2D eigenvalue weighted by Crippen LogP contribution is 2.04. The first kappa shape index (κ1) is 6.49. The van der Waals surface area contributed by atoms with Crippen LogP contribution in [0.15, 0.2) is 0 Å². The van der Waals surface area contributed by atoms with Crippen LogP contribution < -0.4 is 0 Å². The molecule has 0 heterocycles. The van der Waals surface area contributed by atoms with Gasteiger partial charge >= 0.3 is 0 Å². The molecule has 1 nitrogen and oxygen atoms in total. The van der Waals surface area contributed by atoms with Gasteiger partial charge in [0.25, 0.3) is 11.6 Å². The van der Waals surface area contributed by atoms with Crippen LogP contribution in [-0.4, -0.2) is 5.54 Å². The molecule has 0 rings (SSSR count). The van der Waals surface area contributed by atoms with Crippen molar-refractivity contribution in [3.8, 4) is 6.07 Å². The molecule has 0 aromatic carbocycles. The van der Waals surface area contributed by atoms with Gasteiger partial charge in [-0.3, -0.25) is 0 Å². The minimum absolute atomic E-state index is 0.0642. The van der Waals surface area contributed by atoms with Crippen LogP contribution in [0, 0.1) is 6.07 Å². The summed E-state index contributed by atoms with van der Waals surface area (Å²) in [7, 11) is 0. The van der Waals surface area contributed by atoms with Crippen molar-refractivity contribution in [2.45, 2.75) is 33.2 Å². The summed E-state index contributed by atoms with van der Waals surface area (Å²) in [4.78, 5) is 4.01. The zero-order valence-electron chi connectivity index (χ0n) is 5.45. The van der Waals surface area contributed by atoms with E-state index in [9.17, 15) is 0 Å². The van der Waals surface area contributed by atoms with Crippen LogP contribution in [0.1, 0.15) is 27.7 Å². The van der Waals surface area contributed by atoms with Gasteiger partial charge in [-0.25, -0.2) is 0 Å². The normalized spacial score (nSPS) is 9.71. The SMILES string of the molecule is CC#[N+]C(C)(C)C. The highest BCUT2D eigenvalue weighted by atomic mass is 14.8. The largest absolute Gasteiger partial charge is 0.272 e. The molecule has 7 heavy (non-hydrogen) atoms. The second-order valence-electron chi connectivity index (χ2n) is 2.51. The Morgan fingerprint density at radius 1 is 1.29 bits per heavy atom. The summed E-state index contributed by atoms with van der Waals surface area (Å²) in [6.45, 7) is 7.95. The van der Waals surface area contributed by atoms with E-state index >= 15 is 0 Å². The van der Waals surface area contributed by atoms with Crippen LogP contribution in [0.3, 0.4) is 0 Å². The van der Waals surface area contributed by atoms with E-state index in [2.05, 4.69) is 10.9 Å². The van der Waals surface area contributed by atoms with Gasteiger partial charge in [0, 0.05) is 20.8 Å². The Bertz CT molecular complexity index is 97.6. The molecule has 40 valence electrons. The molecule has 0 aliphatic rings. The summed E-state index contributed by atoms with van der Waals surface area (Å²) >= 11 is 0. The van der Waals surface area contributed by atoms with Crippen LogP contribution in [0.2, 0.25) is 0 Å². The molecule has 0 unspecified atom stereocenters. The maximum absolute atomic E-state index is 4.01. The van der Waals surface area contributed by atoms with Gasteiger partial charge < -0.3 is 0 Å². The lowest BCUT2D eigenvalue weighted by molar-refractivity contribution is 0.688. The van der Waals surface area contributed by atoms with Crippen LogP contribution in [0.25, 0.3) is 4.85 Å². The van der Waals surface area contributed by atoms with E-state index in [1.165, 1.54) is 0 Å². The maximum atomic E-state index is 4.01. The summed E-state index contributed by atoms with van der Waals surface area (Å²) in [6, 6.07) is 2.73. The van der Waals surface area contributed by atoms with Crippen molar-refractivity contribution in [2.75, 3.05) is 0 Å². The second kappa shape index (κ2) is 1.97. The molecule has 0 aromatic rings. The van der Waals surface area contributed by atoms with Gasteiger partial charge in [0.15, 0.2) is 0 Å². The van der Waals surface area contributed by atoms with Gasteiger partial charge in [0.2, 0.25) is 0 Å². The van der Waals surface area contributed by atoms with Crippen LogP contribution >= 0.6 is 0 Å². The van der Waals surface area contributed by atoms with Gasteiger partial charge in [0.05, 0.1) is 6.92 Å². The predicted octanol–water partition coefficient (Wildman–Crippen LogP) is 2.14. The third-order valence-electron chi connectivity index (χ3n) is 0.447.